The first-order valence-corrected chi connectivity index (χ1v) is 5.94. The molecule has 1 aromatic heterocycles. The predicted octanol–water partition coefficient (Wildman–Crippen LogP) is 1.96. The quantitative estimate of drug-likeness (QED) is 0.823. The van der Waals surface area contributed by atoms with Crippen molar-refractivity contribution in [1.82, 2.24) is 20.2 Å². The molecule has 0 unspecified atom stereocenters. The average molecular weight is 247 g/mol. The highest BCUT2D eigenvalue weighted by Crippen LogP contribution is 2.40. The number of halogens is 1. The molecule has 2 N–H and O–H groups in total. The van der Waals surface area contributed by atoms with Crippen LogP contribution in [-0.2, 0) is 5.54 Å². The van der Waals surface area contributed by atoms with Gasteiger partial charge in [-0.2, -0.15) is 0 Å². The highest BCUT2D eigenvalue weighted by atomic mass is 19.1. The number of hydrogen-bond donors (Lipinski definition) is 1. The van der Waals surface area contributed by atoms with Crippen LogP contribution in [0, 0.1) is 5.82 Å². The van der Waals surface area contributed by atoms with Gasteiger partial charge in [0.2, 0.25) is 0 Å². The van der Waals surface area contributed by atoms with Gasteiger partial charge in [-0.15, -0.1) is 5.10 Å². The number of nitrogens with two attached hydrogens (primary N) is 1. The third kappa shape index (κ3) is 1.64. The lowest BCUT2D eigenvalue weighted by atomic mass is 9.78. The Morgan fingerprint density at radius 2 is 2.11 bits per heavy atom. The van der Waals surface area contributed by atoms with Gasteiger partial charge in [0.25, 0.3) is 0 Å². The Morgan fingerprint density at radius 1 is 1.33 bits per heavy atom. The molecule has 5 nitrogen and oxygen atoms in total. The van der Waals surface area contributed by atoms with Crippen molar-refractivity contribution in [2.24, 2.45) is 0 Å². The van der Waals surface area contributed by atoms with E-state index in [1.807, 2.05) is 0 Å². The van der Waals surface area contributed by atoms with Crippen LogP contribution in [0.1, 0.15) is 26.2 Å². The molecule has 0 atom stereocenters. The summed E-state index contributed by atoms with van der Waals surface area (Å²) >= 11 is 0. The molecular weight excluding hydrogens is 233 g/mol. The SMILES string of the molecule is CC1(n2nnnc2-c2cc(N)cc(F)c2)CCC1. The van der Waals surface area contributed by atoms with E-state index in [1.54, 1.807) is 10.7 Å². The second kappa shape index (κ2) is 3.76. The van der Waals surface area contributed by atoms with Crippen LogP contribution in [0.25, 0.3) is 11.4 Å². The fraction of sp³-hybridized carbons (Fsp3) is 0.417. The van der Waals surface area contributed by atoms with E-state index in [0.29, 0.717) is 17.1 Å². The first kappa shape index (κ1) is 11.1. The van der Waals surface area contributed by atoms with E-state index in [4.69, 9.17) is 5.73 Å². The van der Waals surface area contributed by atoms with Gasteiger partial charge in [0.1, 0.15) is 5.82 Å². The second-order valence-electron chi connectivity index (χ2n) is 5.04. The molecule has 6 heteroatoms. The molecule has 1 aliphatic carbocycles. The fourth-order valence-electron chi connectivity index (χ4n) is 2.37. The zero-order valence-corrected chi connectivity index (χ0v) is 10.1. The fourth-order valence-corrected chi connectivity index (χ4v) is 2.37. The van der Waals surface area contributed by atoms with Gasteiger partial charge in [0.05, 0.1) is 5.54 Å². The molecule has 1 heterocycles. The zero-order chi connectivity index (χ0) is 12.8. The van der Waals surface area contributed by atoms with E-state index in [-0.39, 0.29) is 11.4 Å². The molecule has 0 amide bonds. The predicted molar refractivity (Wildman–Crippen MR) is 65.1 cm³/mol. The second-order valence-corrected chi connectivity index (χ2v) is 5.04. The maximum absolute atomic E-state index is 13.4. The zero-order valence-electron chi connectivity index (χ0n) is 10.1. The Morgan fingerprint density at radius 3 is 2.72 bits per heavy atom. The number of nitrogens with zero attached hydrogens (tertiary/aromatic N) is 4. The van der Waals surface area contributed by atoms with Crippen molar-refractivity contribution in [1.29, 1.82) is 0 Å². The van der Waals surface area contributed by atoms with E-state index in [2.05, 4.69) is 22.4 Å². The Balaban J connectivity index is 2.09. The molecule has 1 aromatic carbocycles. The first-order valence-electron chi connectivity index (χ1n) is 5.94. The Bertz CT molecular complexity index is 568. The third-order valence-corrected chi connectivity index (χ3v) is 3.59. The minimum atomic E-state index is -0.377. The van der Waals surface area contributed by atoms with Crippen LogP contribution in [0.15, 0.2) is 18.2 Å². The van der Waals surface area contributed by atoms with Crippen LogP contribution in [0.3, 0.4) is 0 Å². The summed E-state index contributed by atoms with van der Waals surface area (Å²) < 4.78 is 15.2. The summed E-state index contributed by atoms with van der Waals surface area (Å²) in [5, 5.41) is 11.7. The maximum atomic E-state index is 13.4. The standard InChI is InChI=1S/C12H14FN5/c1-12(3-2-4-12)18-11(15-16-17-18)8-5-9(13)7-10(14)6-8/h5-7H,2-4,14H2,1H3. The molecule has 18 heavy (non-hydrogen) atoms. The normalized spacial score (nSPS) is 17.4. The van der Waals surface area contributed by atoms with Crippen LogP contribution in [0.4, 0.5) is 10.1 Å². The summed E-state index contributed by atoms with van der Waals surface area (Å²) in [5.74, 6) is 0.196. The summed E-state index contributed by atoms with van der Waals surface area (Å²) in [4.78, 5) is 0. The minimum Gasteiger partial charge on any atom is -0.399 e. The lowest BCUT2D eigenvalue weighted by Gasteiger charge is -2.38. The molecule has 1 saturated carbocycles. The largest absolute Gasteiger partial charge is 0.399 e. The number of rotatable bonds is 2. The van der Waals surface area contributed by atoms with Crippen LogP contribution >= 0.6 is 0 Å². The summed E-state index contributed by atoms with van der Waals surface area (Å²) in [6, 6.07) is 4.37. The van der Waals surface area contributed by atoms with Gasteiger partial charge in [0.15, 0.2) is 5.82 Å². The topological polar surface area (TPSA) is 69.6 Å². The minimum absolute atomic E-state index is 0.0556. The van der Waals surface area contributed by atoms with Crippen LogP contribution in [0.5, 0.6) is 0 Å². The number of nitrogen functional groups attached to an aromatic ring is 1. The first-order chi connectivity index (χ1) is 8.58. The van der Waals surface area contributed by atoms with Crippen LogP contribution in [-0.4, -0.2) is 20.2 Å². The number of benzene rings is 1. The van der Waals surface area contributed by atoms with Gasteiger partial charge < -0.3 is 5.73 Å². The van der Waals surface area contributed by atoms with Crippen molar-refractivity contribution in [3.63, 3.8) is 0 Å². The molecule has 94 valence electrons. The van der Waals surface area contributed by atoms with Gasteiger partial charge in [-0.1, -0.05) is 0 Å². The summed E-state index contributed by atoms with van der Waals surface area (Å²) in [6.45, 7) is 2.11. The van der Waals surface area contributed by atoms with Crippen molar-refractivity contribution in [3.8, 4) is 11.4 Å². The van der Waals surface area contributed by atoms with E-state index >= 15 is 0 Å². The van der Waals surface area contributed by atoms with Crippen molar-refractivity contribution in [2.75, 3.05) is 5.73 Å². The molecule has 0 aliphatic heterocycles. The van der Waals surface area contributed by atoms with Crippen molar-refractivity contribution in [2.45, 2.75) is 31.7 Å². The molecule has 3 rings (SSSR count). The molecule has 1 aliphatic rings. The highest BCUT2D eigenvalue weighted by Gasteiger charge is 2.37. The van der Waals surface area contributed by atoms with E-state index < -0.39 is 0 Å². The van der Waals surface area contributed by atoms with Crippen LogP contribution in [0.2, 0.25) is 0 Å². The average Bonchev–Trinajstić information content (AvgIpc) is 2.73. The molecule has 0 spiro atoms. The van der Waals surface area contributed by atoms with Crippen molar-refractivity contribution < 1.29 is 4.39 Å². The van der Waals surface area contributed by atoms with Crippen molar-refractivity contribution >= 4 is 5.69 Å². The van der Waals surface area contributed by atoms with Gasteiger partial charge in [-0.05, 0) is 54.8 Å². The smallest absolute Gasteiger partial charge is 0.182 e. The number of tetrazole rings is 1. The van der Waals surface area contributed by atoms with Gasteiger partial charge >= 0.3 is 0 Å². The van der Waals surface area contributed by atoms with Gasteiger partial charge in [-0.25, -0.2) is 9.07 Å². The lowest BCUT2D eigenvalue weighted by Crippen LogP contribution is -2.38. The van der Waals surface area contributed by atoms with E-state index in [1.165, 1.54) is 18.6 Å². The lowest BCUT2D eigenvalue weighted by molar-refractivity contribution is 0.148. The Kier molecular flexibility index (Phi) is 2.33. The third-order valence-electron chi connectivity index (χ3n) is 3.59. The maximum Gasteiger partial charge on any atom is 0.182 e. The number of hydrogen-bond acceptors (Lipinski definition) is 4. The molecular formula is C12H14FN5. The van der Waals surface area contributed by atoms with Crippen molar-refractivity contribution in [3.05, 3.63) is 24.0 Å². The van der Waals surface area contributed by atoms with Gasteiger partial charge in [-0.3, -0.25) is 0 Å². The van der Waals surface area contributed by atoms with E-state index in [9.17, 15) is 4.39 Å². The molecule has 0 bridgehead atoms. The Labute approximate surface area is 104 Å². The highest BCUT2D eigenvalue weighted by molar-refractivity contribution is 5.61. The van der Waals surface area contributed by atoms with Crippen LogP contribution < -0.4 is 5.73 Å². The van der Waals surface area contributed by atoms with Gasteiger partial charge in [0, 0.05) is 11.3 Å². The molecule has 0 saturated heterocycles. The Hall–Kier alpha value is -1.98. The molecule has 2 aromatic rings. The molecule has 1 fully saturated rings. The molecule has 0 radical (unpaired) electrons. The monoisotopic (exact) mass is 247 g/mol. The summed E-state index contributed by atoms with van der Waals surface area (Å²) in [7, 11) is 0. The summed E-state index contributed by atoms with van der Waals surface area (Å²) in [6.07, 6.45) is 3.24. The number of anilines is 1. The summed E-state index contributed by atoms with van der Waals surface area (Å²) in [5.41, 5.74) is 6.59. The van der Waals surface area contributed by atoms with E-state index in [0.717, 1.165) is 12.8 Å². The number of aromatic nitrogens is 4.